The summed E-state index contributed by atoms with van der Waals surface area (Å²) in [4.78, 5) is 0.119. The van der Waals surface area contributed by atoms with E-state index >= 15 is 0 Å². The van der Waals surface area contributed by atoms with Crippen LogP contribution < -0.4 is 10.5 Å². The maximum absolute atomic E-state index is 12.3. The van der Waals surface area contributed by atoms with Gasteiger partial charge in [-0.05, 0) is 64.8 Å². The van der Waals surface area contributed by atoms with E-state index < -0.39 is 10.0 Å². The molecule has 0 unspecified atom stereocenters. The van der Waals surface area contributed by atoms with Gasteiger partial charge in [-0.3, -0.25) is 4.72 Å². The van der Waals surface area contributed by atoms with Crippen molar-refractivity contribution in [3.05, 3.63) is 51.5 Å². The highest BCUT2D eigenvalue weighted by Crippen LogP contribution is 2.27. The van der Waals surface area contributed by atoms with Crippen molar-refractivity contribution in [1.29, 1.82) is 0 Å². The molecular weight excluding hydrogens is 364 g/mol. The molecule has 7 heteroatoms. The number of nitrogen functional groups attached to an aromatic ring is 1. The number of halogens is 2. The minimum atomic E-state index is -3.69. The van der Waals surface area contributed by atoms with E-state index in [-0.39, 0.29) is 4.90 Å². The molecule has 0 fully saturated rings. The zero-order valence-electron chi connectivity index (χ0n) is 10.5. The molecule has 0 saturated heterocycles. The van der Waals surface area contributed by atoms with E-state index in [0.29, 0.717) is 20.9 Å². The molecule has 0 aliphatic carbocycles. The van der Waals surface area contributed by atoms with Gasteiger partial charge in [0.05, 0.1) is 15.6 Å². The van der Waals surface area contributed by atoms with Crippen LogP contribution >= 0.6 is 27.5 Å². The van der Waals surface area contributed by atoms with Crippen molar-refractivity contribution in [3.63, 3.8) is 0 Å². The van der Waals surface area contributed by atoms with E-state index in [4.69, 9.17) is 17.3 Å². The van der Waals surface area contributed by atoms with Gasteiger partial charge in [-0.15, -0.1) is 0 Å². The van der Waals surface area contributed by atoms with E-state index in [1.807, 2.05) is 0 Å². The summed E-state index contributed by atoms with van der Waals surface area (Å²) < 4.78 is 27.7. The summed E-state index contributed by atoms with van der Waals surface area (Å²) in [6, 6.07) is 9.49. The van der Waals surface area contributed by atoms with Crippen LogP contribution in [0.15, 0.2) is 45.8 Å². The van der Waals surface area contributed by atoms with Gasteiger partial charge < -0.3 is 5.73 Å². The molecular formula is C13H12BrClN2O2S. The first kappa shape index (κ1) is 15.2. The molecule has 2 aromatic carbocycles. The lowest BCUT2D eigenvalue weighted by atomic mass is 10.2. The minimum absolute atomic E-state index is 0.119. The predicted molar refractivity (Wildman–Crippen MR) is 85.6 cm³/mol. The molecule has 0 heterocycles. The summed E-state index contributed by atoms with van der Waals surface area (Å²) >= 11 is 9.18. The van der Waals surface area contributed by atoms with Gasteiger partial charge in [-0.1, -0.05) is 11.6 Å². The Bertz CT molecular complexity index is 743. The Hall–Kier alpha value is -1.24. The van der Waals surface area contributed by atoms with Crippen LogP contribution in [-0.4, -0.2) is 8.42 Å². The summed E-state index contributed by atoms with van der Waals surface area (Å²) in [5, 5.41) is 0.425. The molecule has 3 N–H and O–H groups in total. The van der Waals surface area contributed by atoms with Gasteiger partial charge in [-0.25, -0.2) is 8.42 Å². The maximum atomic E-state index is 12.3. The third kappa shape index (κ3) is 3.45. The number of sulfonamides is 1. The first-order valence-electron chi connectivity index (χ1n) is 5.63. The Kier molecular flexibility index (Phi) is 4.27. The monoisotopic (exact) mass is 374 g/mol. The lowest BCUT2D eigenvalue weighted by Crippen LogP contribution is -2.13. The van der Waals surface area contributed by atoms with E-state index in [1.54, 1.807) is 31.2 Å². The molecule has 0 spiro atoms. The van der Waals surface area contributed by atoms with Crippen LogP contribution in [0.1, 0.15) is 5.56 Å². The number of nitrogens with two attached hydrogens (primary N) is 1. The smallest absolute Gasteiger partial charge is 0.261 e. The van der Waals surface area contributed by atoms with Gasteiger partial charge in [0.1, 0.15) is 0 Å². The first-order valence-corrected chi connectivity index (χ1v) is 8.28. The molecule has 0 aliphatic heterocycles. The quantitative estimate of drug-likeness (QED) is 0.802. The molecule has 0 amide bonds. The summed E-state index contributed by atoms with van der Waals surface area (Å²) in [7, 11) is -3.69. The number of anilines is 2. The maximum Gasteiger partial charge on any atom is 0.261 e. The molecule has 4 nitrogen and oxygen atoms in total. The topological polar surface area (TPSA) is 72.2 Å². The van der Waals surface area contributed by atoms with Crippen molar-refractivity contribution < 1.29 is 8.42 Å². The standard InChI is InChI=1S/C13H12BrClN2O2S/c1-8-4-9(16)6-11(5-8)20(18,19)17-10-2-3-12(14)13(15)7-10/h2-7,17H,16H2,1H3. The fourth-order valence-corrected chi connectivity index (χ4v) is 3.32. The van der Waals surface area contributed by atoms with Gasteiger partial charge in [0, 0.05) is 10.2 Å². The van der Waals surface area contributed by atoms with Gasteiger partial charge in [0.25, 0.3) is 10.0 Å². The molecule has 0 aromatic heterocycles. The molecule has 0 saturated carbocycles. The highest BCUT2D eigenvalue weighted by atomic mass is 79.9. The molecule has 0 aliphatic rings. The van der Waals surface area contributed by atoms with Gasteiger partial charge in [-0.2, -0.15) is 0 Å². The average Bonchev–Trinajstić information content (AvgIpc) is 2.32. The minimum Gasteiger partial charge on any atom is -0.399 e. The molecule has 0 atom stereocenters. The fourth-order valence-electron chi connectivity index (χ4n) is 1.71. The van der Waals surface area contributed by atoms with Crippen molar-refractivity contribution in [3.8, 4) is 0 Å². The zero-order valence-corrected chi connectivity index (χ0v) is 13.7. The van der Waals surface area contributed by atoms with E-state index in [0.717, 1.165) is 5.56 Å². The normalized spacial score (nSPS) is 11.3. The van der Waals surface area contributed by atoms with Crippen LogP contribution in [0.2, 0.25) is 5.02 Å². The fraction of sp³-hybridized carbons (Fsp3) is 0.0769. The third-order valence-corrected chi connectivity index (χ3v) is 5.15. The predicted octanol–water partition coefficient (Wildman–Crippen LogP) is 3.79. The Morgan fingerprint density at radius 2 is 1.90 bits per heavy atom. The molecule has 0 radical (unpaired) electrons. The van der Waals surface area contributed by atoms with Crippen LogP contribution in [0, 0.1) is 6.92 Å². The Morgan fingerprint density at radius 1 is 1.20 bits per heavy atom. The number of hydrogen-bond donors (Lipinski definition) is 2. The second-order valence-electron chi connectivity index (χ2n) is 4.31. The van der Waals surface area contributed by atoms with E-state index in [1.165, 1.54) is 12.1 Å². The lowest BCUT2D eigenvalue weighted by molar-refractivity contribution is 0.601. The Balaban J connectivity index is 2.37. The zero-order chi connectivity index (χ0) is 14.9. The van der Waals surface area contributed by atoms with Crippen LogP contribution in [0.25, 0.3) is 0 Å². The first-order chi connectivity index (χ1) is 9.28. The summed E-state index contributed by atoms with van der Waals surface area (Å²) in [6.07, 6.45) is 0. The van der Waals surface area contributed by atoms with Crippen molar-refractivity contribution in [1.82, 2.24) is 0 Å². The lowest BCUT2D eigenvalue weighted by Gasteiger charge is -2.10. The Labute approximate surface area is 131 Å². The Morgan fingerprint density at radius 3 is 2.50 bits per heavy atom. The largest absolute Gasteiger partial charge is 0.399 e. The van der Waals surface area contributed by atoms with Crippen molar-refractivity contribution >= 4 is 48.9 Å². The molecule has 20 heavy (non-hydrogen) atoms. The molecule has 106 valence electrons. The van der Waals surface area contributed by atoms with E-state index in [9.17, 15) is 8.42 Å². The third-order valence-electron chi connectivity index (χ3n) is 2.56. The van der Waals surface area contributed by atoms with E-state index in [2.05, 4.69) is 20.7 Å². The van der Waals surface area contributed by atoms with Gasteiger partial charge >= 0.3 is 0 Å². The number of aryl methyl sites for hydroxylation is 1. The van der Waals surface area contributed by atoms with Gasteiger partial charge in [0.15, 0.2) is 0 Å². The average molecular weight is 376 g/mol. The summed E-state index contributed by atoms with van der Waals surface area (Å²) in [5.74, 6) is 0. The second kappa shape index (κ2) is 5.63. The van der Waals surface area contributed by atoms with Crippen LogP contribution in [0.3, 0.4) is 0 Å². The highest BCUT2D eigenvalue weighted by molar-refractivity contribution is 9.10. The second-order valence-corrected chi connectivity index (χ2v) is 7.26. The van der Waals surface area contributed by atoms with Crippen LogP contribution in [0.5, 0.6) is 0 Å². The highest BCUT2D eigenvalue weighted by Gasteiger charge is 2.15. The SMILES string of the molecule is Cc1cc(N)cc(S(=O)(=O)Nc2ccc(Br)c(Cl)c2)c1. The van der Waals surface area contributed by atoms with Crippen molar-refractivity contribution in [2.45, 2.75) is 11.8 Å². The number of rotatable bonds is 3. The molecule has 2 aromatic rings. The molecule has 2 rings (SSSR count). The van der Waals surface area contributed by atoms with Gasteiger partial charge in [0.2, 0.25) is 0 Å². The molecule has 0 bridgehead atoms. The number of benzene rings is 2. The van der Waals surface area contributed by atoms with Crippen molar-refractivity contribution in [2.24, 2.45) is 0 Å². The van der Waals surface area contributed by atoms with Crippen LogP contribution in [0.4, 0.5) is 11.4 Å². The van der Waals surface area contributed by atoms with Crippen molar-refractivity contribution in [2.75, 3.05) is 10.5 Å². The number of nitrogens with one attached hydrogen (secondary N) is 1. The summed E-state index contributed by atoms with van der Waals surface area (Å²) in [6.45, 7) is 1.78. The number of hydrogen-bond acceptors (Lipinski definition) is 3. The summed E-state index contributed by atoms with van der Waals surface area (Å²) in [5.41, 5.74) is 7.24. The van der Waals surface area contributed by atoms with Crippen LogP contribution in [-0.2, 0) is 10.0 Å².